The Bertz CT molecular complexity index is 2340. The number of hydrogen-bond donors (Lipinski definition) is 2. The molecule has 6 heterocycles. The fourth-order valence-corrected chi connectivity index (χ4v) is 13.2. The molecule has 4 unspecified atom stereocenters. The lowest BCUT2D eigenvalue weighted by atomic mass is 9.80. The molecule has 5 fully saturated rings. The number of allylic oxidation sites excluding steroid dienone is 2. The molecule has 2 aromatic carbocycles. The number of nitrogens with zero attached hydrogens (tertiary/aromatic N) is 5. The van der Waals surface area contributed by atoms with E-state index >= 15 is 0 Å². The number of hydrogen-bond acceptors (Lipinski definition) is 9. The van der Waals surface area contributed by atoms with Crippen LogP contribution in [0, 0.1) is 11.8 Å². The zero-order chi connectivity index (χ0) is 45.5. The van der Waals surface area contributed by atoms with Crippen LogP contribution < -0.4 is 10.6 Å². The minimum atomic E-state index is -0.576. The van der Waals surface area contributed by atoms with E-state index in [1.807, 2.05) is 16.0 Å². The molecule has 8 aliphatic rings. The zero-order valence-electron chi connectivity index (χ0n) is 39.1. The summed E-state index contributed by atoms with van der Waals surface area (Å²) in [4.78, 5) is 69.9. The molecule has 13 heteroatoms. The first kappa shape index (κ1) is 44.5. The van der Waals surface area contributed by atoms with Crippen molar-refractivity contribution in [3.63, 3.8) is 0 Å². The highest BCUT2D eigenvalue weighted by Gasteiger charge is 2.46. The number of rotatable bonds is 11. The van der Waals surface area contributed by atoms with Crippen LogP contribution in [0.5, 0.6) is 0 Å². The van der Waals surface area contributed by atoms with Crippen molar-refractivity contribution in [2.45, 2.75) is 152 Å². The van der Waals surface area contributed by atoms with Crippen molar-refractivity contribution in [2.75, 3.05) is 34.4 Å². The monoisotopic (exact) mass is 898 g/mol. The molecular formula is C53H67N7O6. The highest BCUT2D eigenvalue weighted by Crippen LogP contribution is 2.57. The number of carbonyl (C=O) groups is 4. The third-order valence-electron chi connectivity index (χ3n) is 16.6. The van der Waals surface area contributed by atoms with Gasteiger partial charge in [0, 0.05) is 61.8 Å². The minimum absolute atomic E-state index is 0.000117. The first-order valence-corrected chi connectivity index (χ1v) is 25.0. The second-order valence-electron chi connectivity index (χ2n) is 20.1. The lowest BCUT2D eigenvalue weighted by Gasteiger charge is -2.34. The summed E-state index contributed by atoms with van der Waals surface area (Å²) in [6.45, 7) is 1.34. The third kappa shape index (κ3) is 8.38. The maximum absolute atomic E-state index is 14.3. The maximum Gasteiger partial charge on any atom is 0.407 e. The molecule has 13 nitrogen and oxygen atoms in total. The second-order valence-corrected chi connectivity index (χ2v) is 20.1. The zero-order valence-corrected chi connectivity index (χ0v) is 39.1. The summed E-state index contributed by atoms with van der Waals surface area (Å²) in [5, 5.41) is 5.85. The second kappa shape index (κ2) is 19.1. The van der Waals surface area contributed by atoms with E-state index in [0.717, 1.165) is 112 Å². The number of methoxy groups -OCH3 is 2. The number of likely N-dealkylation sites (tertiary alicyclic amines) is 2. The van der Waals surface area contributed by atoms with E-state index in [2.05, 4.69) is 65.2 Å². The molecule has 0 radical (unpaired) electrons. The Morgan fingerprint density at radius 3 is 1.52 bits per heavy atom. The van der Waals surface area contributed by atoms with E-state index in [1.165, 1.54) is 60.5 Å². The van der Waals surface area contributed by atoms with Gasteiger partial charge in [-0.1, -0.05) is 74.9 Å². The molecule has 0 aromatic heterocycles. The predicted octanol–water partition coefficient (Wildman–Crippen LogP) is 9.14. The van der Waals surface area contributed by atoms with E-state index in [0.29, 0.717) is 38.0 Å². The fraction of sp³-hybridized carbons (Fsp3) is 0.585. The average Bonchev–Trinajstić information content (AvgIpc) is 4.24. The normalized spacial score (nSPS) is 26.3. The molecule has 6 aliphatic heterocycles. The van der Waals surface area contributed by atoms with E-state index in [4.69, 9.17) is 19.5 Å². The third-order valence-corrected chi connectivity index (χ3v) is 16.6. The summed E-state index contributed by atoms with van der Waals surface area (Å²) >= 11 is 0. The summed E-state index contributed by atoms with van der Waals surface area (Å²) in [5.74, 6) is 0.230. The lowest BCUT2D eigenvalue weighted by molar-refractivity contribution is -0.135. The van der Waals surface area contributed by atoms with Crippen molar-refractivity contribution in [1.29, 1.82) is 0 Å². The molecule has 0 spiro atoms. The quantitative estimate of drug-likeness (QED) is 0.229. The van der Waals surface area contributed by atoms with Gasteiger partial charge in [-0.2, -0.15) is 0 Å². The molecular weight excluding hydrogens is 831 g/mol. The van der Waals surface area contributed by atoms with Crippen molar-refractivity contribution >= 4 is 46.6 Å². The summed E-state index contributed by atoms with van der Waals surface area (Å²) in [5.41, 5.74) is 12.2. The Morgan fingerprint density at radius 2 is 1.00 bits per heavy atom. The largest absolute Gasteiger partial charge is 0.453 e. The average molecular weight is 898 g/mol. The Kier molecular flexibility index (Phi) is 12.9. The topological polar surface area (TPSA) is 145 Å². The molecule has 2 bridgehead atoms. The van der Waals surface area contributed by atoms with Crippen LogP contribution in [-0.2, 0) is 19.1 Å². The molecule has 4 amide bonds. The van der Waals surface area contributed by atoms with Crippen LogP contribution >= 0.6 is 0 Å². The van der Waals surface area contributed by atoms with Gasteiger partial charge in [-0.05, 0) is 128 Å². The van der Waals surface area contributed by atoms with E-state index < -0.39 is 24.3 Å². The highest BCUT2D eigenvalue weighted by molar-refractivity contribution is 6.05. The molecule has 10 rings (SSSR count). The van der Waals surface area contributed by atoms with Crippen molar-refractivity contribution in [3.05, 3.63) is 71.1 Å². The van der Waals surface area contributed by atoms with Gasteiger partial charge in [0.2, 0.25) is 11.8 Å². The summed E-state index contributed by atoms with van der Waals surface area (Å²) in [7, 11) is 4.98. The Labute approximate surface area is 389 Å². The number of nitrogens with one attached hydrogen (secondary N) is 2. The van der Waals surface area contributed by atoms with E-state index in [-0.39, 0.29) is 35.7 Å². The molecule has 350 valence electrons. The number of benzene rings is 2. The molecule has 3 saturated heterocycles. The minimum Gasteiger partial charge on any atom is -0.453 e. The summed E-state index contributed by atoms with van der Waals surface area (Å²) < 4.78 is 9.93. The molecule has 6 atom stereocenters. The van der Waals surface area contributed by atoms with Crippen LogP contribution in [0.1, 0.15) is 150 Å². The first-order valence-electron chi connectivity index (χ1n) is 25.0. The molecule has 66 heavy (non-hydrogen) atoms. The SMILES string of the molecule is COC(=O)N[C@H](C(=O)N1CCCC1C1=NC=C(c2ccc(-c3ccc(C4=CN=C(C5CCCN5C(=O)[C@@H](NC(=O)OC)C5CCCCC5)C4)c4c3C3CCC4N3C)cc2)C1)C1CCCCC1. The fourth-order valence-electron chi connectivity index (χ4n) is 13.2. The van der Waals surface area contributed by atoms with Crippen molar-refractivity contribution in [1.82, 2.24) is 25.3 Å². The number of ether oxygens (including phenoxy) is 2. The van der Waals surface area contributed by atoms with Crippen molar-refractivity contribution in [3.8, 4) is 11.1 Å². The predicted molar refractivity (Wildman–Crippen MR) is 256 cm³/mol. The maximum atomic E-state index is 14.3. The Balaban J connectivity index is 0.827. The molecule has 2 aliphatic carbocycles. The smallest absolute Gasteiger partial charge is 0.407 e. The van der Waals surface area contributed by atoms with Gasteiger partial charge in [-0.25, -0.2) is 9.59 Å². The van der Waals surface area contributed by atoms with Crippen molar-refractivity contribution < 1.29 is 28.7 Å². The molecule has 2 saturated carbocycles. The van der Waals surface area contributed by atoms with Crippen LogP contribution in [0.25, 0.3) is 22.3 Å². The number of alkyl carbamates (subject to hydrolysis) is 2. The van der Waals surface area contributed by atoms with Gasteiger partial charge >= 0.3 is 12.2 Å². The van der Waals surface area contributed by atoms with Gasteiger partial charge < -0.3 is 29.9 Å². The van der Waals surface area contributed by atoms with Crippen LogP contribution in [-0.4, -0.2) is 109 Å². The van der Waals surface area contributed by atoms with Crippen molar-refractivity contribution in [2.24, 2.45) is 21.8 Å². The van der Waals surface area contributed by atoms with Gasteiger partial charge in [-0.3, -0.25) is 24.5 Å². The van der Waals surface area contributed by atoms with Crippen LogP contribution in [0.3, 0.4) is 0 Å². The van der Waals surface area contributed by atoms with Crippen LogP contribution in [0.4, 0.5) is 9.59 Å². The number of carbonyl (C=O) groups excluding carboxylic acids is 4. The molecule has 2 N–H and O–H groups in total. The number of fused-ring (bicyclic) bond motifs is 5. The highest BCUT2D eigenvalue weighted by atomic mass is 16.5. The summed E-state index contributed by atoms with van der Waals surface area (Å²) in [6.07, 6.45) is 20.6. The van der Waals surface area contributed by atoms with E-state index in [9.17, 15) is 19.2 Å². The van der Waals surface area contributed by atoms with Gasteiger partial charge in [0.05, 0.1) is 26.3 Å². The molecule has 2 aromatic rings. The van der Waals surface area contributed by atoms with Crippen LogP contribution in [0.2, 0.25) is 0 Å². The van der Waals surface area contributed by atoms with E-state index in [1.54, 1.807) is 0 Å². The van der Waals surface area contributed by atoms with Crippen LogP contribution in [0.15, 0.2) is 58.8 Å². The lowest BCUT2D eigenvalue weighted by Crippen LogP contribution is -2.54. The van der Waals surface area contributed by atoms with Gasteiger partial charge in [0.25, 0.3) is 0 Å². The Hall–Kier alpha value is -5.30. The van der Waals surface area contributed by atoms with Gasteiger partial charge in [0.1, 0.15) is 12.1 Å². The Morgan fingerprint density at radius 1 is 0.545 bits per heavy atom. The summed E-state index contributed by atoms with van der Waals surface area (Å²) in [6, 6.07) is 13.0. The standard InChI is InChI=1S/C53H67N7O6/c1-58-44-24-25-45(58)47-39(37-29-41(55-31-37)43-17-11-27-60(43)51(62)49(57-53(64)66-3)35-14-8-5-9-15-35)23-22-38(46(44)47)33-20-18-32(19-21-33)36-28-40(54-30-36)42-16-10-26-59(42)50(61)48(56-52(63)65-2)34-12-6-4-7-13-34/h18-23,30-31,34-35,42-45,48-49H,4-17,24-29H2,1-3H3,(H,56,63)(H,57,64)/t42?,43?,44?,45?,48-,49-/m0/s1. The first-order chi connectivity index (χ1) is 32.2. The van der Waals surface area contributed by atoms with Gasteiger partial charge in [0.15, 0.2) is 0 Å². The number of aliphatic imine (C=N–C) groups is 2. The van der Waals surface area contributed by atoms with Gasteiger partial charge in [-0.15, -0.1) is 0 Å². The number of amides is 4.